The van der Waals surface area contributed by atoms with Crippen LogP contribution < -0.4 is 10.6 Å². The Morgan fingerprint density at radius 3 is 1.60 bits per heavy atom. The minimum absolute atomic E-state index is 0.279. The summed E-state index contributed by atoms with van der Waals surface area (Å²) < 4.78 is 9.47. The second kappa shape index (κ2) is 7.19. The van der Waals surface area contributed by atoms with Gasteiger partial charge in [-0.3, -0.25) is 0 Å². The first-order valence-corrected chi connectivity index (χ1v) is 4.95. The molecule has 0 aliphatic carbocycles. The first kappa shape index (κ1) is 13.9. The molecule has 15 heavy (non-hydrogen) atoms. The molecule has 0 aromatic carbocycles. The Labute approximate surface area is 89.3 Å². The van der Waals surface area contributed by atoms with Crippen LogP contribution in [0, 0.1) is 0 Å². The lowest BCUT2D eigenvalue weighted by atomic mass is 10.3. The summed E-state index contributed by atoms with van der Waals surface area (Å²) in [7, 11) is 3.54. The molecule has 2 unspecified atom stereocenters. The second-order valence-electron chi connectivity index (χ2n) is 3.29. The number of likely N-dealkylation sites (N-methyl/N-ethyl adjacent to an activating group) is 2. The quantitative estimate of drug-likeness (QED) is 0.374. The number of quaternary nitrogens is 2. The number of hydrogen-bond acceptors (Lipinski definition) is 4. The van der Waals surface area contributed by atoms with Crippen molar-refractivity contribution in [3.8, 4) is 0 Å². The van der Waals surface area contributed by atoms with Crippen LogP contribution in [0.2, 0.25) is 0 Å². The van der Waals surface area contributed by atoms with Gasteiger partial charge in [-0.2, -0.15) is 0 Å². The molecule has 0 heterocycles. The summed E-state index contributed by atoms with van der Waals surface area (Å²) in [4.78, 5) is 22.3. The zero-order valence-electron chi connectivity index (χ0n) is 9.65. The highest BCUT2D eigenvalue weighted by molar-refractivity contribution is 5.75. The van der Waals surface area contributed by atoms with Gasteiger partial charge >= 0.3 is 11.9 Å². The Balaban J connectivity index is 3.70. The molecule has 0 aliphatic rings. The lowest BCUT2D eigenvalue weighted by molar-refractivity contribution is -0.649. The van der Waals surface area contributed by atoms with Crippen molar-refractivity contribution in [2.75, 3.05) is 20.9 Å². The van der Waals surface area contributed by atoms with Gasteiger partial charge in [-0.15, -0.1) is 0 Å². The lowest BCUT2D eigenvalue weighted by Gasteiger charge is -2.10. The SMILES string of the molecule is C[NH2+]C(C)C(=O)OCOC(=O)C(C)[NH2+]C. The molecule has 0 fully saturated rings. The Bertz CT molecular complexity index is 198. The van der Waals surface area contributed by atoms with Crippen LogP contribution in [0.1, 0.15) is 13.8 Å². The van der Waals surface area contributed by atoms with Crippen molar-refractivity contribution >= 4 is 11.9 Å². The van der Waals surface area contributed by atoms with Gasteiger partial charge in [0.2, 0.25) is 6.79 Å². The second-order valence-corrected chi connectivity index (χ2v) is 3.29. The zero-order chi connectivity index (χ0) is 11.8. The van der Waals surface area contributed by atoms with E-state index in [1.165, 1.54) is 0 Å². The highest BCUT2D eigenvalue weighted by atomic mass is 16.7. The van der Waals surface area contributed by atoms with Gasteiger partial charge in [0.05, 0.1) is 14.1 Å². The van der Waals surface area contributed by atoms with Crippen molar-refractivity contribution in [1.82, 2.24) is 0 Å². The predicted octanol–water partition coefficient (Wildman–Crippen LogP) is -2.81. The van der Waals surface area contributed by atoms with Gasteiger partial charge in [0, 0.05) is 0 Å². The third-order valence-corrected chi connectivity index (χ3v) is 2.15. The molecule has 6 heteroatoms. The molecule has 0 spiro atoms. The van der Waals surface area contributed by atoms with Crippen molar-refractivity contribution < 1.29 is 29.7 Å². The van der Waals surface area contributed by atoms with E-state index in [9.17, 15) is 9.59 Å². The van der Waals surface area contributed by atoms with E-state index >= 15 is 0 Å². The fourth-order valence-electron chi connectivity index (χ4n) is 0.681. The molecule has 2 atom stereocenters. The minimum Gasteiger partial charge on any atom is -0.423 e. The number of esters is 2. The monoisotopic (exact) mass is 220 g/mol. The number of ether oxygens (including phenoxy) is 2. The Morgan fingerprint density at radius 2 is 1.33 bits per heavy atom. The molecule has 0 aliphatic heterocycles. The largest absolute Gasteiger partial charge is 0.423 e. The van der Waals surface area contributed by atoms with Crippen LogP contribution in [0.4, 0.5) is 0 Å². The van der Waals surface area contributed by atoms with Gasteiger partial charge in [0.15, 0.2) is 12.1 Å². The predicted molar refractivity (Wildman–Crippen MR) is 51.7 cm³/mol. The van der Waals surface area contributed by atoms with Crippen LogP contribution in [0.15, 0.2) is 0 Å². The maximum atomic E-state index is 11.1. The van der Waals surface area contributed by atoms with E-state index in [4.69, 9.17) is 9.47 Å². The van der Waals surface area contributed by atoms with Crippen molar-refractivity contribution in [3.63, 3.8) is 0 Å². The van der Waals surface area contributed by atoms with Crippen molar-refractivity contribution in [2.45, 2.75) is 25.9 Å². The van der Waals surface area contributed by atoms with Crippen molar-refractivity contribution in [1.29, 1.82) is 0 Å². The van der Waals surface area contributed by atoms with Crippen LogP contribution in [0.3, 0.4) is 0 Å². The van der Waals surface area contributed by atoms with Crippen LogP contribution in [-0.4, -0.2) is 44.9 Å². The average Bonchev–Trinajstić information content (AvgIpc) is 2.26. The minimum atomic E-state index is -0.390. The smallest absolute Gasteiger partial charge is 0.367 e. The third-order valence-electron chi connectivity index (χ3n) is 2.15. The fourth-order valence-corrected chi connectivity index (χ4v) is 0.681. The van der Waals surface area contributed by atoms with Gasteiger partial charge in [-0.05, 0) is 13.8 Å². The summed E-state index contributed by atoms with van der Waals surface area (Å²) in [5.41, 5.74) is 0. The maximum Gasteiger partial charge on any atom is 0.367 e. The van der Waals surface area contributed by atoms with Crippen LogP contribution in [0.5, 0.6) is 0 Å². The van der Waals surface area contributed by atoms with E-state index in [0.29, 0.717) is 0 Å². The van der Waals surface area contributed by atoms with Crippen molar-refractivity contribution in [2.24, 2.45) is 0 Å². The third kappa shape index (κ3) is 5.34. The normalized spacial score (nSPS) is 14.1. The van der Waals surface area contributed by atoms with Crippen LogP contribution >= 0.6 is 0 Å². The van der Waals surface area contributed by atoms with Gasteiger partial charge < -0.3 is 20.1 Å². The van der Waals surface area contributed by atoms with E-state index in [2.05, 4.69) is 0 Å². The Morgan fingerprint density at radius 1 is 1.00 bits per heavy atom. The zero-order valence-corrected chi connectivity index (χ0v) is 9.65. The molecule has 0 radical (unpaired) electrons. The van der Waals surface area contributed by atoms with E-state index in [0.717, 1.165) is 0 Å². The van der Waals surface area contributed by atoms with Crippen molar-refractivity contribution in [3.05, 3.63) is 0 Å². The number of carbonyl (C=O) groups is 2. The summed E-state index contributed by atoms with van der Waals surface area (Å²) in [6.07, 6.45) is 0. The number of hydrogen-bond donors (Lipinski definition) is 2. The number of rotatable bonds is 6. The molecular formula is C9H20N2O4+2. The summed E-state index contributed by atoms with van der Waals surface area (Å²) in [6, 6.07) is -0.558. The summed E-state index contributed by atoms with van der Waals surface area (Å²) in [5.74, 6) is -0.781. The highest BCUT2D eigenvalue weighted by Gasteiger charge is 2.18. The summed E-state index contributed by atoms with van der Waals surface area (Å²) in [5, 5.41) is 3.43. The molecule has 0 rings (SSSR count). The van der Waals surface area contributed by atoms with Gasteiger partial charge in [-0.25, -0.2) is 9.59 Å². The fraction of sp³-hybridized carbons (Fsp3) is 0.778. The molecule has 4 N–H and O–H groups in total. The van der Waals surface area contributed by atoms with E-state index in [1.807, 2.05) is 0 Å². The van der Waals surface area contributed by atoms with E-state index in [1.54, 1.807) is 38.6 Å². The molecule has 88 valence electrons. The maximum absolute atomic E-state index is 11.1. The van der Waals surface area contributed by atoms with Gasteiger partial charge in [0.1, 0.15) is 0 Å². The Hall–Kier alpha value is -1.14. The highest BCUT2D eigenvalue weighted by Crippen LogP contribution is 1.87. The topological polar surface area (TPSA) is 85.8 Å². The Kier molecular flexibility index (Phi) is 6.64. The number of nitrogens with two attached hydrogens (primary N) is 2. The summed E-state index contributed by atoms with van der Waals surface area (Å²) in [6.45, 7) is 3.12. The van der Waals surface area contributed by atoms with Gasteiger partial charge in [0.25, 0.3) is 0 Å². The molecule has 0 bridgehead atoms. The first-order valence-electron chi connectivity index (χ1n) is 4.95. The van der Waals surface area contributed by atoms with E-state index < -0.39 is 11.9 Å². The van der Waals surface area contributed by atoms with Crippen LogP contribution in [-0.2, 0) is 19.1 Å². The van der Waals surface area contributed by atoms with Crippen LogP contribution in [0.25, 0.3) is 0 Å². The average molecular weight is 220 g/mol. The summed E-state index contributed by atoms with van der Waals surface area (Å²) >= 11 is 0. The number of carbonyl (C=O) groups excluding carboxylic acids is 2. The molecular weight excluding hydrogens is 200 g/mol. The van der Waals surface area contributed by atoms with E-state index in [-0.39, 0.29) is 18.9 Å². The lowest BCUT2D eigenvalue weighted by Crippen LogP contribution is -2.87. The molecule has 0 aromatic heterocycles. The van der Waals surface area contributed by atoms with Gasteiger partial charge in [-0.1, -0.05) is 0 Å². The molecule has 0 saturated carbocycles. The molecule has 6 nitrogen and oxygen atoms in total. The molecule has 0 amide bonds. The molecule has 0 aromatic rings. The standard InChI is InChI=1S/C9H18N2O4/c1-6(10-3)8(12)14-5-15-9(13)7(2)11-4/h6-7,10-11H,5H2,1-4H3/p+2. The first-order chi connectivity index (χ1) is 7.02. The molecule has 0 saturated heterocycles.